The van der Waals surface area contributed by atoms with Crippen LogP contribution in [0.5, 0.6) is 11.5 Å². The molecule has 0 aliphatic carbocycles. The molecule has 2 aromatic carbocycles. The van der Waals surface area contributed by atoms with E-state index in [-0.39, 0.29) is 27.9 Å². The number of morpholine rings is 1. The molecule has 0 bridgehead atoms. The van der Waals surface area contributed by atoms with Crippen molar-refractivity contribution in [3.05, 3.63) is 63.2 Å². The molecule has 9 heteroatoms. The van der Waals surface area contributed by atoms with E-state index in [1.807, 2.05) is 0 Å². The van der Waals surface area contributed by atoms with Crippen molar-refractivity contribution in [2.45, 2.75) is 19.4 Å². The number of benzene rings is 2. The zero-order chi connectivity index (χ0) is 21.7. The Morgan fingerprint density at radius 3 is 2.53 bits per heavy atom. The lowest BCUT2D eigenvalue weighted by Gasteiger charge is -2.40. The minimum absolute atomic E-state index is 0.0777. The third kappa shape index (κ3) is 5.47. The standard InChI is InChI=1S/C21H24ClN3O5/c1-21(2,24-9-11-29-12-10-24)14-23-20(26)15-3-6-17(7-4-15)30-19-8-5-16(22)13-18(19)25(27)28/h3-8,13H,9-12,14H2,1-2H3,(H,23,26). The van der Waals surface area contributed by atoms with Gasteiger partial charge in [-0.3, -0.25) is 19.8 Å². The number of nitrogens with zero attached hydrogens (tertiary/aromatic N) is 2. The predicted octanol–water partition coefficient (Wildman–Crippen LogP) is 3.88. The van der Waals surface area contributed by atoms with Gasteiger partial charge in [-0.15, -0.1) is 0 Å². The Bertz CT molecular complexity index is 911. The van der Waals surface area contributed by atoms with Gasteiger partial charge in [0, 0.05) is 41.8 Å². The van der Waals surface area contributed by atoms with E-state index in [2.05, 4.69) is 24.1 Å². The molecule has 2 aromatic rings. The second kappa shape index (κ2) is 9.42. The average molecular weight is 434 g/mol. The van der Waals surface area contributed by atoms with Crippen molar-refractivity contribution < 1.29 is 19.2 Å². The molecule has 30 heavy (non-hydrogen) atoms. The Kier molecular flexibility index (Phi) is 6.91. The van der Waals surface area contributed by atoms with Crippen molar-refractivity contribution in [3.63, 3.8) is 0 Å². The van der Waals surface area contributed by atoms with E-state index in [1.165, 1.54) is 18.2 Å². The normalized spacial score (nSPS) is 14.9. The maximum Gasteiger partial charge on any atom is 0.313 e. The second-order valence-electron chi connectivity index (χ2n) is 7.59. The van der Waals surface area contributed by atoms with Gasteiger partial charge in [0.15, 0.2) is 0 Å². The lowest BCUT2D eigenvalue weighted by molar-refractivity contribution is -0.385. The summed E-state index contributed by atoms with van der Waals surface area (Å²) in [5.74, 6) is 0.264. The highest BCUT2D eigenvalue weighted by Gasteiger charge is 2.28. The molecule has 0 atom stereocenters. The molecular formula is C21H24ClN3O5. The Hall–Kier alpha value is -2.68. The van der Waals surface area contributed by atoms with Crippen molar-refractivity contribution >= 4 is 23.2 Å². The van der Waals surface area contributed by atoms with E-state index in [9.17, 15) is 14.9 Å². The first kappa shape index (κ1) is 22.0. The fourth-order valence-corrected chi connectivity index (χ4v) is 3.37. The van der Waals surface area contributed by atoms with Gasteiger partial charge in [0.25, 0.3) is 5.91 Å². The van der Waals surface area contributed by atoms with Gasteiger partial charge in [-0.25, -0.2) is 0 Å². The summed E-state index contributed by atoms with van der Waals surface area (Å²) in [5.41, 5.74) is 0.0659. The van der Waals surface area contributed by atoms with Crippen LogP contribution in [0.1, 0.15) is 24.2 Å². The summed E-state index contributed by atoms with van der Waals surface area (Å²) in [6, 6.07) is 10.6. The second-order valence-corrected chi connectivity index (χ2v) is 8.03. The number of nitro benzene ring substituents is 1. The van der Waals surface area contributed by atoms with Crippen LogP contribution in [0.2, 0.25) is 5.02 Å². The molecule has 1 aliphatic rings. The summed E-state index contributed by atoms with van der Waals surface area (Å²) in [4.78, 5) is 25.4. The summed E-state index contributed by atoms with van der Waals surface area (Å²) in [6.45, 7) is 7.76. The molecule has 1 heterocycles. The summed E-state index contributed by atoms with van der Waals surface area (Å²) in [5, 5.41) is 14.4. The molecular weight excluding hydrogens is 410 g/mol. The number of halogens is 1. The molecule has 8 nitrogen and oxygen atoms in total. The largest absolute Gasteiger partial charge is 0.450 e. The average Bonchev–Trinajstić information content (AvgIpc) is 2.74. The van der Waals surface area contributed by atoms with Crippen LogP contribution in [0, 0.1) is 10.1 Å². The molecule has 1 amide bonds. The SMILES string of the molecule is CC(C)(CNC(=O)c1ccc(Oc2ccc(Cl)cc2[N+](=O)[O-])cc1)N1CCOCC1. The Morgan fingerprint density at radius 1 is 1.23 bits per heavy atom. The van der Waals surface area contributed by atoms with Crippen LogP contribution in [0.25, 0.3) is 0 Å². The van der Waals surface area contributed by atoms with Crippen LogP contribution in [-0.4, -0.2) is 54.1 Å². The Balaban J connectivity index is 1.61. The van der Waals surface area contributed by atoms with Gasteiger partial charge in [0.05, 0.1) is 18.1 Å². The van der Waals surface area contributed by atoms with Crippen LogP contribution in [0.15, 0.2) is 42.5 Å². The molecule has 3 rings (SSSR count). The number of hydrogen-bond donors (Lipinski definition) is 1. The molecule has 1 fully saturated rings. The molecule has 0 aromatic heterocycles. The van der Waals surface area contributed by atoms with E-state index >= 15 is 0 Å². The van der Waals surface area contributed by atoms with E-state index in [1.54, 1.807) is 24.3 Å². The molecule has 1 aliphatic heterocycles. The third-order valence-corrected chi connectivity index (χ3v) is 5.25. The first-order valence-electron chi connectivity index (χ1n) is 9.59. The molecule has 1 saturated heterocycles. The highest BCUT2D eigenvalue weighted by atomic mass is 35.5. The van der Waals surface area contributed by atoms with Crippen molar-refractivity contribution in [1.82, 2.24) is 10.2 Å². The van der Waals surface area contributed by atoms with E-state index in [0.29, 0.717) is 31.1 Å². The maximum atomic E-state index is 12.5. The fourth-order valence-electron chi connectivity index (χ4n) is 3.20. The number of hydrogen-bond acceptors (Lipinski definition) is 6. The highest BCUT2D eigenvalue weighted by Crippen LogP contribution is 2.33. The lowest BCUT2D eigenvalue weighted by Crippen LogP contribution is -2.55. The summed E-state index contributed by atoms with van der Waals surface area (Å²) in [7, 11) is 0. The van der Waals surface area contributed by atoms with Crippen LogP contribution in [0.3, 0.4) is 0 Å². The van der Waals surface area contributed by atoms with Gasteiger partial charge in [-0.2, -0.15) is 0 Å². The maximum absolute atomic E-state index is 12.5. The van der Waals surface area contributed by atoms with Gasteiger partial charge in [0.2, 0.25) is 5.75 Å². The molecule has 1 N–H and O–H groups in total. The van der Waals surface area contributed by atoms with E-state index < -0.39 is 4.92 Å². The van der Waals surface area contributed by atoms with Crippen LogP contribution in [-0.2, 0) is 4.74 Å². The minimum atomic E-state index is -0.556. The molecule has 0 spiro atoms. The van der Waals surface area contributed by atoms with E-state index in [4.69, 9.17) is 21.1 Å². The van der Waals surface area contributed by atoms with Gasteiger partial charge in [-0.05, 0) is 50.2 Å². The molecule has 160 valence electrons. The fraction of sp³-hybridized carbons (Fsp3) is 0.381. The Morgan fingerprint density at radius 2 is 1.90 bits per heavy atom. The monoisotopic (exact) mass is 433 g/mol. The smallest absolute Gasteiger partial charge is 0.313 e. The van der Waals surface area contributed by atoms with Gasteiger partial charge in [-0.1, -0.05) is 11.6 Å². The minimum Gasteiger partial charge on any atom is -0.450 e. The number of nitrogens with one attached hydrogen (secondary N) is 1. The zero-order valence-corrected chi connectivity index (χ0v) is 17.6. The molecule has 0 unspecified atom stereocenters. The highest BCUT2D eigenvalue weighted by molar-refractivity contribution is 6.30. The van der Waals surface area contributed by atoms with Gasteiger partial charge < -0.3 is 14.8 Å². The predicted molar refractivity (Wildman–Crippen MR) is 113 cm³/mol. The molecule has 0 radical (unpaired) electrons. The number of amides is 1. The van der Waals surface area contributed by atoms with Crippen molar-refractivity contribution in [2.24, 2.45) is 0 Å². The number of rotatable bonds is 7. The topological polar surface area (TPSA) is 93.9 Å². The summed E-state index contributed by atoms with van der Waals surface area (Å²) < 4.78 is 11.0. The van der Waals surface area contributed by atoms with Crippen LogP contribution < -0.4 is 10.1 Å². The number of ether oxygens (including phenoxy) is 2. The van der Waals surface area contributed by atoms with Crippen LogP contribution >= 0.6 is 11.6 Å². The van der Waals surface area contributed by atoms with Crippen molar-refractivity contribution in [1.29, 1.82) is 0 Å². The van der Waals surface area contributed by atoms with Crippen molar-refractivity contribution in [2.75, 3.05) is 32.8 Å². The first-order chi connectivity index (χ1) is 14.3. The third-order valence-electron chi connectivity index (χ3n) is 5.01. The van der Waals surface area contributed by atoms with Crippen LogP contribution in [0.4, 0.5) is 5.69 Å². The summed E-state index contributed by atoms with van der Waals surface area (Å²) in [6.07, 6.45) is 0. The number of nitro groups is 1. The van der Waals surface area contributed by atoms with Crippen molar-refractivity contribution in [3.8, 4) is 11.5 Å². The van der Waals surface area contributed by atoms with Gasteiger partial charge >= 0.3 is 5.69 Å². The number of carbonyl (C=O) groups is 1. The molecule has 0 saturated carbocycles. The lowest BCUT2D eigenvalue weighted by atomic mass is 10.0. The van der Waals surface area contributed by atoms with Gasteiger partial charge in [0.1, 0.15) is 5.75 Å². The number of carbonyl (C=O) groups excluding carboxylic acids is 1. The summed E-state index contributed by atoms with van der Waals surface area (Å²) >= 11 is 5.82. The quantitative estimate of drug-likeness (QED) is 0.526. The zero-order valence-electron chi connectivity index (χ0n) is 16.9. The van der Waals surface area contributed by atoms with E-state index in [0.717, 1.165) is 13.1 Å². The first-order valence-corrected chi connectivity index (χ1v) is 9.97. The Labute approximate surface area is 179 Å².